The first kappa shape index (κ1) is 12.4. The number of nitrogens with one attached hydrogen (secondary N) is 1. The number of nitrogens with zero attached hydrogens (tertiary/aromatic N) is 1. The number of rotatable bonds is 2. The average Bonchev–Trinajstić information content (AvgIpc) is 2.90. The van der Waals surface area contributed by atoms with E-state index in [1.54, 1.807) is 0 Å². The standard InChI is InChI=1S/C13H15BrF2N2/c14-8-6-10(16)12(7-9(8)15)17-11-3-5-18-4-1-2-13(11)18/h6-7,11,13,17H,1-5H2. The molecule has 0 amide bonds. The van der Waals surface area contributed by atoms with E-state index in [1.165, 1.54) is 18.6 Å². The van der Waals surface area contributed by atoms with Gasteiger partial charge in [-0.3, -0.25) is 4.90 Å². The Kier molecular flexibility index (Phi) is 3.28. The topological polar surface area (TPSA) is 15.3 Å². The molecular formula is C13H15BrF2N2. The highest BCUT2D eigenvalue weighted by Gasteiger charge is 2.37. The molecule has 1 N–H and O–H groups in total. The zero-order valence-electron chi connectivity index (χ0n) is 9.93. The molecule has 2 fully saturated rings. The van der Waals surface area contributed by atoms with Gasteiger partial charge < -0.3 is 5.32 Å². The highest BCUT2D eigenvalue weighted by molar-refractivity contribution is 9.10. The molecule has 98 valence electrons. The third-order valence-electron chi connectivity index (χ3n) is 3.96. The Hall–Kier alpha value is -0.680. The van der Waals surface area contributed by atoms with Gasteiger partial charge in [-0.05, 0) is 47.8 Å². The quantitative estimate of drug-likeness (QED) is 0.841. The van der Waals surface area contributed by atoms with E-state index in [9.17, 15) is 8.78 Å². The summed E-state index contributed by atoms with van der Waals surface area (Å²) in [7, 11) is 0. The van der Waals surface area contributed by atoms with Crippen LogP contribution in [0.4, 0.5) is 14.5 Å². The van der Waals surface area contributed by atoms with Gasteiger partial charge in [0.05, 0.1) is 10.2 Å². The second kappa shape index (κ2) is 4.78. The molecule has 0 aliphatic carbocycles. The Morgan fingerprint density at radius 3 is 2.83 bits per heavy atom. The highest BCUT2D eigenvalue weighted by Crippen LogP contribution is 2.31. The van der Waals surface area contributed by atoms with Crippen LogP contribution in [-0.2, 0) is 0 Å². The fourth-order valence-electron chi connectivity index (χ4n) is 3.08. The zero-order valence-corrected chi connectivity index (χ0v) is 11.5. The van der Waals surface area contributed by atoms with Crippen molar-refractivity contribution in [1.29, 1.82) is 0 Å². The summed E-state index contributed by atoms with van der Waals surface area (Å²) in [6.45, 7) is 2.20. The third kappa shape index (κ3) is 2.14. The molecule has 0 radical (unpaired) electrons. The number of halogens is 3. The van der Waals surface area contributed by atoms with Crippen LogP contribution in [0.2, 0.25) is 0 Å². The van der Waals surface area contributed by atoms with Crippen molar-refractivity contribution in [2.24, 2.45) is 0 Å². The fourth-order valence-corrected chi connectivity index (χ4v) is 3.40. The molecule has 0 spiro atoms. The van der Waals surface area contributed by atoms with Gasteiger partial charge in [-0.25, -0.2) is 8.78 Å². The maximum atomic E-state index is 13.8. The normalized spacial score (nSPS) is 27.5. The van der Waals surface area contributed by atoms with E-state index in [2.05, 4.69) is 26.1 Å². The van der Waals surface area contributed by atoms with E-state index in [4.69, 9.17) is 0 Å². The van der Waals surface area contributed by atoms with Gasteiger partial charge in [0.2, 0.25) is 0 Å². The van der Waals surface area contributed by atoms with Crippen molar-refractivity contribution in [1.82, 2.24) is 4.90 Å². The molecule has 3 rings (SSSR count). The molecule has 0 saturated carbocycles. The Balaban J connectivity index is 1.78. The molecule has 2 saturated heterocycles. The summed E-state index contributed by atoms with van der Waals surface area (Å²) >= 11 is 2.99. The molecule has 0 bridgehead atoms. The van der Waals surface area contributed by atoms with Gasteiger partial charge in [0.1, 0.15) is 11.6 Å². The molecule has 2 unspecified atom stereocenters. The monoisotopic (exact) mass is 316 g/mol. The van der Waals surface area contributed by atoms with E-state index in [-0.39, 0.29) is 16.2 Å². The molecule has 2 aliphatic rings. The van der Waals surface area contributed by atoms with E-state index in [0.717, 1.165) is 25.9 Å². The van der Waals surface area contributed by atoms with Crippen molar-refractivity contribution in [2.45, 2.75) is 31.3 Å². The van der Waals surface area contributed by atoms with Gasteiger partial charge in [-0.1, -0.05) is 0 Å². The molecule has 18 heavy (non-hydrogen) atoms. The lowest BCUT2D eigenvalue weighted by molar-refractivity contribution is 0.318. The van der Waals surface area contributed by atoms with Crippen molar-refractivity contribution in [3.8, 4) is 0 Å². The Morgan fingerprint density at radius 2 is 2.00 bits per heavy atom. The van der Waals surface area contributed by atoms with Gasteiger partial charge in [-0.15, -0.1) is 0 Å². The smallest absolute Gasteiger partial charge is 0.147 e. The SMILES string of the molecule is Fc1cc(NC2CCN3CCCC23)c(F)cc1Br. The summed E-state index contributed by atoms with van der Waals surface area (Å²) < 4.78 is 27.4. The summed E-state index contributed by atoms with van der Waals surface area (Å²) in [6, 6.07) is 3.13. The van der Waals surface area contributed by atoms with Gasteiger partial charge in [0.25, 0.3) is 0 Å². The van der Waals surface area contributed by atoms with E-state index >= 15 is 0 Å². The van der Waals surface area contributed by atoms with Crippen LogP contribution >= 0.6 is 15.9 Å². The van der Waals surface area contributed by atoms with Crippen LogP contribution in [0.3, 0.4) is 0 Å². The highest BCUT2D eigenvalue weighted by atomic mass is 79.9. The summed E-state index contributed by atoms with van der Waals surface area (Å²) in [6.07, 6.45) is 3.36. The van der Waals surface area contributed by atoms with Gasteiger partial charge >= 0.3 is 0 Å². The first-order chi connectivity index (χ1) is 8.65. The molecule has 1 aromatic carbocycles. The summed E-state index contributed by atoms with van der Waals surface area (Å²) in [5, 5.41) is 3.17. The summed E-state index contributed by atoms with van der Waals surface area (Å²) in [5.41, 5.74) is 0.273. The van der Waals surface area contributed by atoms with Crippen LogP contribution < -0.4 is 5.32 Å². The van der Waals surface area contributed by atoms with Crippen molar-refractivity contribution in [3.05, 3.63) is 28.2 Å². The van der Waals surface area contributed by atoms with Crippen molar-refractivity contribution in [2.75, 3.05) is 18.4 Å². The van der Waals surface area contributed by atoms with E-state index in [1.807, 2.05) is 0 Å². The first-order valence-corrected chi connectivity index (χ1v) is 7.09. The average molecular weight is 317 g/mol. The van der Waals surface area contributed by atoms with Crippen LogP contribution in [0, 0.1) is 11.6 Å². The van der Waals surface area contributed by atoms with Crippen molar-refractivity contribution >= 4 is 21.6 Å². The number of benzene rings is 1. The van der Waals surface area contributed by atoms with Crippen LogP contribution in [-0.4, -0.2) is 30.1 Å². The molecule has 1 aromatic rings. The Morgan fingerprint density at radius 1 is 1.17 bits per heavy atom. The molecule has 0 aromatic heterocycles. The Bertz CT molecular complexity index is 467. The van der Waals surface area contributed by atoms with E-state index in [0.29, 0.717) is 6.04 Å². The van der Waals surface area contributed by atoms with Gasteiger partial charge in [0.15, 0.2) is 0 Å². The molecule has 5 heteroatoms. The van der Waals surface area contributed by atoms with Crippen LogP contribution in [0.15, 0.2) is 16.6 Å². The van der Waals surface area contributed by atoms with Crippen LogP contribution in [0.25, 0.3) is 0 Å². The molecular weight excluding hydrogens is 302 g/mol. The predicted molar refractivity (Wildman–Crippen MR) is 70.7 cm³/mol. The lowest BCUT2D eigenvalue weighted by Crippen LogP contribution is -2.34. The molecule has 2 aliphatic heterocycles. The minimum Gasteiger partial charge on any atom is -0.378 e. The second-order valence-electron chi connectivity index (χ2n) is 5.03. The van der Waals surface area contributed by atoms with Crippen LogP contribution in [0.1, 0.15) is 19.3 Å². The van der Waals surface area contributed by atoms with Gasteiger partial charge in [0, 0.05) is 24.7 Å². The Labute approximate surface area is 113 Å². The summed E-state index contributed by atoms with van der Waals surface area (Å²) in [4.78, 5) is 2.44. The third-order valence-corrected chi connectivity index (χ3v) is 4.56. The number of anilines is 1. The lowest BCUT2D eigenvalue weighted by atomic mass is 10.1. The number of fused-ring (bicyclic) bond motifs is 1. The second-order valence-corrected chi connectivity index (χ2v) is 5.89. The maximum Gasteiger partial charge on any atom is 0.147 e. The number of hydrogen-bond donors (Lipinski definition) is 1. The lowest BCUT2D eigenvalue weighted by Gasteiger charge is -2.22. The zero-order chi connectivity index (χ0) is 12.7. The molecule has 2 heterocycles. The molecule has 2 atom stereocenters. The van der Waals surface area contributed by atoms with Crippen molar-refractivity contribution < 1.29 is 8.78 Å². The van der Waals surface area contributed by atoms with Crippen molar-refractivity contribution in [3.63, 3.8) is 0 Å². The molecule has 2 nitrogen and oxygen atoms in total. The number of hydrogen-bond acceptors (Lipinski definition) is 2. The minimum atomic E-state index is -0.430. The predicted octanol–water partition coefficient (Wildman–Crippen LogP) is 3.38. The summed E-state index contributed by atoms with van der Waals surface area (Å²) in [5.74, 6) is -0.833. The fraction of sp³-hybridized carbons (Fsp3) is 0.538. The first-order valence-electron chi connectivity index (χ1n) is 6.30. The largest absolute Gasteiger partial charge is 0.378 e. The minimum absolute atomic E-state index is 0.166. The van der Waals surface area contributed by atoms with Crippen LogP contribution in [0.5, 0.6) is 0 Å². The van der Waals surface area contributed by atoms with Gasteiger partial charge in [-0.2, -0.15) is 0 Å². The maximum absolute atomic E-state index is 13.8. The van der Waals surface area contributed by atoms with E-state index < -0.39 is 11.6 Å².